The lowest BCUT2D eigenvalue weighted by molar-refractivity contribution is -0.276. The Balaban J connectivity index is 1.17. The minimum absolute atomic E-state index is 0.0103. The molecular weight excluding hydrogens is 550 g/mol. The third-order valence-corrected chi connectivity index (χ3v) is 9.80. The Morgan fingerprint density at radius 2 is 1.61 bits per heavy atom. The first-order valence-corrected chi connectivity index (χ1v) is 16.0. The maximum absolute atomic E-state index is 12.5. The SMILES string of the molecule is C[C@@H]1[C@H](CN2CC3(C)CC2CC(C)(C)C3)O[C@H](c2ccc(NC(=O)NCc3ccccc3)cc2)O[C@@H]1c1ccc(CO)cc1. The van der Waals surface area contributed by atoms with Crippen molar-refractivity contribution in [2.24, 2.45) is 16.7 Å². The lowest BCUT2D eigenvalue weighted by Crippen LogP contribution is -2.46. The van der Waals surface area contributed by atoms with Gasteiger partial charge in [0, 0.05) is 42.8 Å². The summed E-state index contributed by atoms with van der Waals surface area (Å²) >= 11 is 0. The van der Waals surface area contributed by atoms with Crippen molar-refractivity contribution in [2.75, 3.05) is 18.4 Å². The van der Waals surface area contributed by atoms with E-state index in [4.69, 9.17) is 9.47 Å². The molecule has 44 heavy (non-hydrogen) atoms. The first-order valence-electron chi connectivity index (χ1n) is 16.0. The van der Waals surface area contributed by atoms with Crippen molar-refractivity contribution >= 4 is 11.7 Å². The average Bonchev–Trinajstić information content (AvgIpc) is 3.25. The molecule has 2 amide bonds. The van der Waals surface area contributed by atoms with Crippen molar-refractivity contribution in [3.8, 4) is 0 Å². The molecule has 3 aromatic rings. The fourth-order valence-electron chi connectivity index (χ4n) is 8.03. The summed E-state index contributed by atoms with van der Waals surface area (Å²) in [5, 5.41) is 15.4. The van der Waals surface area contributed by atoms with Gasteiger partial charge in [-0.25, -0.2) is 4.79 Å². The number of carbonyl (C=O) groups excluding carboxylic acids is 1. The Labute approximate surface area is 262 Å². The van der Waals surface area contributed by atoms with Crippen molar-refractivity contribution in [1.29, 1.82) is 0 Å². The number of nitrogens with one attached hydrogen (secondary N) is 2. The Morgan fingerprint density at radius 3 is 2.32 bits per heavy atom. The van der Waals surface area contributed by atoms with Crippen LogP contribution in [0.1, 0.15) is 81.6 Å². The smallest absolute Gasteiger partial charge is 0.319 e. The number of carbonyl (C=O) groups is 1. The molecule has 234 valence electrons. The van der Waals surface area contributed by atoms with Gasteiger partial charge in [-0.15, -0.1) is 0 Å². The monoisotopic (exact) mass is 597 g/mol. The quantitative estimate of drug-likeness (QED) is 0.256. The average molecular weight is 598 g/mol. The van der Waals surface area contributed by atoms with Crippen LogP contribution in [0, 0.1) is 16.7 Å². The molecule has 3 aliphatic rings. The van der Waals surface area contributed by atoms with Gasteiger partial charge in [0.1, 0.15) is 0 Å². The number of aliphatic hydroxyl groups excluding tert-OH is 1. The van der Waals surface area contributed by atoms with Gasteiger partial charge in [-0.1, -0.05) is 94.4 Å². The summed E-state index contributed by atoms with van der Waals surface area (Å²) in [5.41, 5.74) is 5.37. The molecule has 3 N–H and O–H groups in total. The third kappa shape index (κ3) is 7.02. The molecule has 2 aliphatic heterocycles. The highest BCUT2D eigenvalue weighted by Crippen LogP contribution is 2.53. The van der Waals surface area contributed by atoms with Crippen LogP contribution in [0.4, 0.5) is 10.5 Å². The van der Waals surface area contributed by atoms with E-state index in [9.17, 15) is 9.90 Å². The lowest BCUT2D eigenvalue weighted by Gasteiger charge is -2.43. The van der Waals surface area contributed by atoms with Crippen LogP contribution in [0.3, 0.4) is 0 Å². The molecular formula is C37H47N3O4. The molecule has 7 nitrogen and oxygen atoms in total. The maximum Gasteiger partial charge on any atom is 0.319 e. The van der Waals surface area contributed by atoms with Crippen LogP contribution in [0.5, 0.6) is 0 Å². The first-order chi connectivity index (χ1) is 21.1. The predicted molar refractivity (Wildman–Crippen MR) is 173 cm³/mol. The van der Waals surface area contributed by atoms with E-state index in [0.717, 1.165) is 35.3 Å². The highest BCUT2D eigenvalue weighted by atomic mass is 16.7. The van der Waals surface area contributed by atoms with Crippen molar-refractivity contribution in [1.82, 2.24) is 10.2 Å². The number of anilines is 1. The van der Waals surface area contributed by atoms with Crippen LogP contribution in [-0.2, 0) is 22.6 Å². The summed E-state index contributed by atoms with van der Waals surface area (Å²) in [6.45, 7) is 12.0. The number of hydrogen-bond acceptors (Lipinski definition) is 5. The van der Waals surface area contributed by atoms with Crippen LogP contribution in [0.2, 0.25) is 0 Å². The minimum atomic E-state index is -0.534. The molecule has 0 spiro atoms. The number of likely N-dealkylation sites (tertiary alicyclic amines) is 1. The summed E-state index contributed by atoms with van der Waals surface area (Å²) in [6.07, 6.45) is 3.06. The molecule has 3 aromatic carbocycles. The van der Waals surface area contributed by atoms with E-state index in [1.807, 2.05) is 66.7 Å². The van der Waals surface area contributed by atoms with Gasteiger partial charge in [-0.05, 0) is 58.9 Å². The Morgan fingerprint density at radius 1 is 0.909 bits per heavy atom. The second-order valence-electron chi connectivity index (χ2n) is 14.4. The van der Waals surface area contributed by atoms with Gasteiger partial charge in [0.25, 0.3) is 0 Å². The summed E-state index contributed by atoms with van der Waals surface area (Å²) < 4.78 is 13.5. The number of hydrogen-bond donors (Lipinski definition) is 3. The topological polar surface area (TPSA) is 83.1 Å². The van der Waals surface area contributed by atoms with E-state index in [0.29, 0.717) is 29.1 Å². The standard InChI is InChI=1S/C37H47N3O4/c1-25-32(21-40-24-37(4)19-31(40)18-36(2,3)23-37)43-34(44-33(25)28-12-10-27(22-41)11-13-28)29-14-16-30(17-15-29)39-35(42)38-20-26-8-6-5-7-9-26/h5-17,25,31-34,41H,18-24H2,1-4H3,(H2,38,39,42)/t25-,31?,32+,33+,34+,37?/m1/s1. The summed E-state index contributed by atoms with van der Waals surface area (Å²) in [5.74, 6) is 0.141. The molecule has 1 aliphatic carbocycles. The van der Waals surface area contributed by atoms with Gasteiger partial charge in [-0.2, -0.15) is 0 Å². The molecule has 6 atom stereocenters. The summed E-state index contributed by atoms with van der Waals surface area (Å²) in [6, 6.07) is 26.0. The molecule has 7 heteroatoms. The normalized spacial score (nSPS) is 29.7. The predicted octanol–water partition coefficient (Wildman–Crippen LogP) is 7.19. The molecule has 2 bridgehead atoms. The van der Waals surface area contributed by atoms with Crippen LogP contribution in [0.15, 0.2) is 78.9 Å². The van der Waals surface area contributed by atoms with E-state index in [-0.39, 0.29) is 30.8 Å². The molecule has 2 saturated heterocycles. The van der Waals surface area contributed by atoms with Gasteiger partial charge in [0.2, 0.25) is 0 Å². The molecule has 0 aromatic heterocycles. The molecule has 6 rings (SSSR count). The number of rotatable bonds is 8. The van der Waals surface area contributed by atoms with Crippen LogP contribution in [-0.4, -0.2) is 41.3 Å². The molecule has 0 radical (unpaired) electrons. The second-order valence-corrected chi connectivity index (χ2v) is 14.4. The zero-order valence-corrected chi connectivity index (χ0v) is 26.5. The van der Waals surface area contributed by atoms with Crippen LogP contribution < -0.4 is 10.6 Å². The Kier molecular flexibility index (Phi) is 8.84. The molecule has 2 heterocycles. The Bertz CT molecular complexity index is 1410. The van der Waals surface area contributed by atoms with E-state index < -0.39 is 6.29 Å². The fraction of sp³-hybridized carbons (Fsp3) is 0.486. The van der Waals surface area contributed by atoms with Gasteiger partial charge >= 0.3 is 6.03 Å². The van der Waals surface area contributed by atoms with Crippen molar-refractivity contribution in [2.45, 2.75) is 84.6 Å². The van der Waals surface area contributed by atoms with E-state index in [1.165, 1.54) is 19.3 Å². The number of ether oxygens (including phenoxy) is 2. The van der Waals surface area contributed by atoms with Gasteiger partial charge in [0.15, 0.2) is 6.29 Å². The number of amides is 2. The first kappa shape index (κ1) is 30.8. The van der Waals surface area contributed by atoms with Gasteiger partial charge in [0.05, 0.1) is 18.8 Å². The number of aliphatic hydroxyl groups is 1. The Hall–Kier alpha value is -3.23. The molecule has 1 saturated carbocycles. The van der Waals surface area contributed by atoms with E-state index in [2.05, 4.69) is 55.4 Å². The third-order valence-electron chi connectivity index (χ3n) is 9.80. The number of nitrogens with zero attached hydrogens (tertiary/aromatic N) is 1. The highest BCUT2D eigenvalue weighted by Gasteiger charge is 2.51. The molecule has 2 unspecified atom stereocenters. The highest BCUT2D eigenvalue weighted by molar-refractivity contribution is 5.89. The second kappa shape index (κ2) is 12.6. The van der Waals surface area contributed by atoms with Crippen LogP contribution in [0.25, 0.3) is 0 Å². The van der Waals surface area contributed by atoms with Crippen molar-refractivity contribution in [3.05, 3.63) is 101 Å². The van der Waals surface area contributed by atoms with Gasteiger partial charge in [-0.3, -0.25) is 4.90 Å². The maximum atomic E-state index is 12.5. The fourth-order valence-corrected chi connectivity index (χ4v) is 8.03. The number of urea groups is 1. The van der Waals surface area contributed by atoms with E-state index >= 15 is 0 Å². The lowest BCUT2D eigenvalue weighted by atomic mass is 9.65. The summed E-state index contributed by atoms with van der Waals surface area (Å²) in [4.78, 5) is 15.2. The van der Waals surface area contributed by atoms with Gasteiger partial charge < -0.3 is 25.2 Å². The van der Waals surface area contributed by atoms with E-state index in [1.54, 1.807) is 0 Å². The number of fused-ring (bicyclic) bond motifs is 2. The zero-order chi connectivity index (χ0) is 30.9. The van der Waals surface area contributed by atoms with Crippen molar-refractivity contribution < 1.29 is 19.4 Å². The summed E-state index contributed by atoms with van der Waals surface area (Å²) in [7, 11) is 0. The van der Waals surface area contributed by atoms with Crippen molar-refractivity contribution in [3.63, 3.8) is 0 Å². The molecule has 3 fully saturated rings. The number of benzene rings is 3. The zero-order valence-electron chi connectivity index (χ0n) is 26.5. The minimum Gasteiger partial charge on any atom is -0.392 e. The van der Waals surface area contributed by atoms with Crippen LogP contribution >= 0.6 is 0 Å². The largest absolute Gasteiger partial charge is 0.392 e.